The number of nitrogens with one attached hydrogen (secondary N) is 1. The SMILES string of the molecule is CCc1ccc(-c2ccc(CC(C)NCC(O)c3cccc(Cl)c3)cc2)cc1. The van der Waals surface area contributed by atoms with E-state index < -0.39 is 6.10 Å². The summed E-state index contributed by atoms with van der Waals surface area (Å²) in [6, 6.07) is 25.2. The zero-order valence-corrected chi connectivity index (χ0v) is 17.3. The monoisotopic (exact) mass is 393 g/mol. The van der Waals surface area contributed by atoms with Crippen molar-refractivity contribution in [2.24, 2.45) is 0 Å². The molecule has 2 unspecified atom stereocenters. The second-order valence-corrected chi connectivity index (χ2v) is 7.77. The normalized spacial score (nSPS) is 13.3. The number of aliphatic hydroxyl groups excluding tert-OH is 1. The highest BCUT2D eigenvalue weighted by molar-refractivity contribution is 6.30. The van der Waals surface area contributed by atoms with E-state index in [4.69, 9.17) is 11.6 Å². The summed E-state index contributed by atoms with van der Waals surface area (Å²) in [6.07, 6.45) is 1.42. The summed E-state index contributed by atoms with van der Waals surface area (Å²) in [7, 11) is 0. The first kappa shape index (κ1) is 20.6. The first-order chi connectivity index (χ1) is 13.5. The van der Waals surface area contributed by atoms with Crippen LogP contribution in [-0.4, -0.2) is 17.7 Å². The maximum absolute atomic E-state index is 10.3. The Bertz CT molecular complexity index is 874. The molecule has 3 aromatic rings. The van der Waals surface area contributed by atoms with Crippen molar-refractivity contribution in [3.63, 3.8) is 0 Å². The molecule has 0 amide bonds. The van der Waals surface area contributed by atoms with Gasteiger partial charge in [-0.2, -0.15) is 0 Å². The number of aliphatic hydroxyl groups is 1. The van der Waals surface area contributed by atoms with Crippen molar-refractivity contribution >= 4 is 11.6 Å². The lowest BCUT2D eigenvalue weighted by molar-refractivity contribution is 0.170. The molecule has 0 aliphatic carbocycles. The summed E-state index contributed by atoms with van der Waals surface area (Å²) in [5.74, 6) is 0. The molecule has 3 heteroatoms. The third-order valence-corrected chi connectivity index (χ3v) is 5.32. The lowest BCUT2D eigenvalue weighted by Crippen LogP contribution is -2.32. The summed E-state index contributed by atoms with van der Waals surface area (Å²) in [4.78, 5) is 0. The van der Waals surface area contributed by atoms with Crippen molar-refractivity contribution in [2.45, 2.75) is 38.8 Å². The van der Waals surface area contributed by atoms with Crippen LogP contribution in [-0.2, 0) is 12.8 Å². The highest BCUT2D eigenvalue weighted by Crippen LogP contribution is 2.21. The number of rotatable bonds is 8. The second kappa shape index (κ2) is 9.88. The molecule has 146 valence electrons. The van der Waals surface area contributed by atoms with Gasteiger partial charge in [0.05, 0.1) is 6.10 Å². The van der Waals surface area contributed by atoms with E-state index in [-0.39, 0.29) is 6.04 Å². The van der Waals surface area contributed by atoms with Crippen molar-refractivity contribution in [1.82, 2.24) is 5.32 Å². The van der Waals surface area contributed by atoms with Crippen molar-refractivity contribution < 1.29 is 5.11 Å². The minimum Gasteiger partial charge on any atom is -0.387 e. The third kappa shape index (κ3) is 5.68. The zero-order valence-electron chi connectivity index (χ0n) is 16.5. The molecule has 0 spiro atoms. The fourth-order valence-corrected chi connectivity index (χ4v) is 3.54. The molecule has 0 saturated heterocycles. The first-order valence-corrected chi connectivity index (χ1v) is 10.3. The van der Waals surface area contributed by atoms with E-state index in [1.807, 2.05) is 24.3 Å². The Balaban J connectivity index is 1.53. The Morgan fingerprint density at radius 3 is 2.07 bits per heavy atom. The largest absolute Gasteiger partial charge is 0.387 e. The topological polar surface area (TPSA) is 32.3 Å². The zero-order chi connectivity index (χ0) is 19.9. The van der Waals surface area contributed by atoms with Gasteiger partial charge >= 0.3 is 0 Å². The molecule has 0 bridgehead atoms. The van der Waals surface area contributed by atoms with Gasteiger partial charge in [0.15, 0.2) is 0 Å². The summed E-state index contributed by atoms with van der Waals surface area (Å²) < 4.78 is 0. The Morgan fingerprint density at radius 1 is 0.893 bits per heavy atom. The van der Waals surface area contributed by atoms with Crippen LogP contribution in [0.3, 0.4) is 0 Å². The van der Waals surface area contributed by atoms with Crippen LogP contribution in [0.25, 0.3) is 11.1 Å². The minimum atomic E-state index is -0.561. The molecule has 2 N–H and O–H groups in total. The standard InChI is InChI=1S/C25H28ClNO/c1-3-19-7-11-21(12-8-19)22-13-9-20(10-14-22)15-18(2)27-17-25(28)23-5-4-6-24(26)16-23/h4-14,16,18,25,27-28H,3,15,17H2,1-2H3. The van der Waals surface area contributed by atoms with Crippen LogP contribution in [0.1, 0.15) is 36.6 Å². The Labute approximate surface area is 173 Å². The highest BCUT2D eigenvalue weighted by Gasteiger charge is 2.10. The summed E-state index contributed by atoms with van der Waals surface area (Å²) in [6.45, 7) is 4.82. The van der Waals surface area contributed by atoms with E-state index in [9.17, 15) is 5.11 Å². The van der Waals surface area contributed by atoms with Gasteiger partial charge in [0.25, 0.3) is 0 Å². The fraction of sp³-hybridized carbons (Fsp3) is 0.280. The van der Waals surface area contributed by atoms with Gasteiger partial charge in [-0.15, -0.1) is 0 Å². The van der Waals surface area contributed by atoms with E-state index in [0.29, 0.717) is 11.6 Å². The van der Waals surface area contributed by atoms with Crippen molar-refractivity contribution in [3.05, 3.63) is 94.5 Å². The van der Waals surface area contributed by atoms with Crippen LogP contribution in [0, 0.1) is 0 Å². The average molecular weight is 394 g/mol. The molecule has 0 aromatic heterocycles. The molecular formula is C25H28ClNO. The maximum atomic E-state index is 10.3. The molecule has 0 aliphatic heterocycles. The predicted octanol–water partition coefficient (Wildman–Crippen LogP) is 5.82. The van der Waals surface area contributed by atoms with E-state index in [2.05, 4.69) is 67.7 Å². The minimum absolute atomic E-state index is 0.267. The summed E-state index contributed by atoms with van der Waals surface area (Å²) >= 11 is 6.00. The van der Waals surface area contributed by atoms with Gasteiger partial charge in [-0.3, -0.25) is 0 Å². The molecule has 2 atom stereocenters. The second-order valence-electron chi connectivity index (χ2n) is 7.33. The molecule has 0 fully saturated rings. The van der Waals surface area contributed by atoms with Crippen LogP contribution in [0.2, 0.25) is 5.02 Å². The molecule has 0 radical (unpaired) electrons. The highest BCUT2D eigenvalue weighted by atomic mass is 35.5. The van der Waals surface area contributed by atoms with Crippen LogP contribution in [0.4, 0.5) is 0 Å². The molecule has 2 nitrogen and oxygen atoms in total. The van der Waals surface area contributed by atoms with Crippen molar-refractivity contribution in [1.29, 1.82) is 0 Å². The van der Waals surface area contributed by atoms with Crippen LogP contribution in [0.5, 0.6) is 0 Å². The van der Waals surface area contributed by atoms with Gasteiger partial charge in [0.1, 0.15) is 0 Å². The Hall–Kier alpha value is -2.13. The molecule has 0 saturated carbocycles. The van der Waals surface area contributed by atoms with Crippen molar-refractivity contribution in [3.8, 4) is 11.1 Å². The molecule has 0 aliphatic rings. The first-order valence-electron chi connectivity index (χ1n) is 9.90. The van der Waals surface area contributed by atoms with Gasteiger partial charge < -0.3 is 10.4 Å². The van der Waals surface area contributed by atoms with Gasteiger partial charge in [0.2, 0.25) is 0 Å². The Morgan fingerprint density at radius 2 is 1.50 bits per heavy atom. The molecular weight excluding hydrogens is 366 g/mol. The van der Waals surface area contributed by atoms with Gasteiger partial charge in [-0.25, -0.2) is 0 Å². The average Bonchev–Trinajstić information content (AvgIpc) is 2.72. The van der Waals surface area contributed by atoms with Crippen LogP contribution >= 0.6 is 11.6 Å². The number of aryl methyl sites for hydroxylation is 1. The summed E-state index contributed by atoms with van der Waals surface area (Å²) in [5.41, 5.74) is 5.97. The lowest BCUT2D eigenvalue weighted by atomic mass is 10.00. The van der Waals surface area contributed by atoms with Crippen LogP contribution < -0.4 is 5.32 Å². The molecule has 3 rings (SSSR count). The summed E-state index contributed by atoms with van der Waals surface area (Å²) in [5, 5.41) is 14.4. The number of halogens is 1. The van der Waals surface area contributed by atoms with E-state index in [1.165, 1.54) is 22.3 Å². The third-order valence-electron chi connectivity index (χ3n) is 5.08. The van der Waals surface area contributed by atoms with E-state index in [1.54, 1.807) is 0 Å². The van der Waals surface area contributed by atoms with Crippen LogP contribution in [0.15, 0.2) is 72.8 Å². The molecule has 0 heterocycles. The quantitative estimate of drug-likeness (QED) is 0.505. The van der Waals surface area contributed by atoms with E-state index >= 15 is 0 Å². The number of hydrogen-bond acceptors (Lipinski definition) is 2. The van der Waals surface area contributed by atoms with E-state index in [0.717, 1.165) is 18.4 Å². The predicted molar refractivity (Wildman–Crippen MR) is 119 cm³/mol. The lowest BCUT2D eigenvalue weighted by Gasteiger charge is -2.18. The molecule has 28 heavy (non-hydrogen) atoms. The maximum Gasteiger partial charge on any atom is 0.0914 e. The fourth-order valence-electron chi connectivity index (χ4n) is 3.34. The van der Waals surface area contributed by atoms with Crippen molar-refractivity contribution in [2.75, 3.05) is 6.54 Å². The Kier molecular flexibility index (Phi) is 7.27. The molecule has 3 aromatic carbocycles. The van der Waals surface area contributed by atoms with Gasteiger partial charge in [0, 0.05) is 17.6 Å². The smallest absolute Gasteiger partial charge is 0.0914 e. The number of hydrogen-bond donors (Lipinski definition) is 2. The van der Waals surface area contributed by atoms with Gasteiger partial charge in [-0.1, -0.05) is 79.2 Å². The number of benzene rings is 3. The van der Waals surface area contributed by atoms with Gasteiger partial charge in [-0.05, 0) is 59.7 Å².